The van der Waals surface area contributed by atoms with Crippen LogP contribution in [0.1, 0.15) is 25.7 Å². The van der Waals surface area contributed by atoms with Gasteiger partial charge in [-0.2, -0.15) is 0 Å². The zero-order valence-corrected chi connectivity index (χ0v) is 7.21. The molecule has 3 nitrogen and oxygen atoms in total. The molecule has 0 unspecified atom stereocenters. The van der Waals surface area contributed by atoms with E-state index < -0.39 is 0 Å². The second kappa shape index (κ2) is 3.61. The zero-order valence-electron chi connectivity index (χ0n) is 7.21. The van der Waals surface area contributed by atoms with E-state index in [4.69, 9.17) is 0 Å². The van der Waals surface area contributed by atoms with Crippen LogP contribution in [0.2, 0.25) is 0 Å². The van der Waals surface area contributed by atoms with Gasteiger partial charge in [0.1, 0.15) is 0 Å². The van der Waals surface area contributed by atoms with Crippen LogP contribution < -0.4 is 5.32 Å². The number of rotatable bonds is 3. The highest BCUT2D eigenvalue weighted by molar-refractivity contribution is 5.22. The third-order valence-corrected chi connectivity index (χ3v) is 2.53. The third kappa shape index (κ3) is 1.78. The van der Waals surface area contributed by atoms with Gasteiger partial charge in [-0.15, -0.1) is 0 Å². The predicted octanol–water partition coefficient (Wildman–Crippen LogP) is 2.01. The monoisotopic (exact) mass is 165 g/mol. The molecule has 0 aliphatic heterocycles. The SMILES string of the molecule is c1c[nH]c(NCC2CCCC2)n1. The minimum absolute atomic E-state index is 0.870. The zero-order chi connectivity index (χ0) is 8.23. The van der Waals surface area contributed by atoms with E-state index in [1.165, 1.54) is 25.7 Å². The van der Waals surface area contributed by atoms with Gasteiger partial charge in [0.2, 0.25) is 0 Å². The van der Waals surface area contributed by atoms with Crippen LogP contribution in [-0.2, 0) is 0 Å². The molecule has 0 spiro atoms. The highest BCUT2D eigenvalue weighted by atomic mass is 15.1. The lowest BCUT2D eigenvalue weighted by Crippen LogP contribution is -2.11. The van der Waals surface area contributed by atoms with Crippen molar-refractivity contribution in [2.45, 2.75) is 25.7 Å². The quantitative estimate of drug-likeness (QED) is 0.719. The second-order valence-corrected chi connectivity index (χ2v) is 3.47. The Morgan fingerprint density at radius 3 is 3.00 bits per heavy atom. The van der Waals surface area contributed by atoms with E-state index in [1.807, 2.05) is 6.20 Å². The summed E-state index contributed by atoms with van der Waals surface area (Å²) < 4.78 is 0. The van der Waals surface area contributed by atoms with E-state index in [-0.39, 0.29) is 0 Å². The minimum atomic E-state index is 0.870. The van der Waals surface area contributed by atoms with Gasteiger partial charge in [-0.3, -0.25) is 0 Å². The number of nitrogens with zero attached hydrogens (tertiary/aromatic N) is 1. The van der Waals surface area contributed by atoms with Gasteiger partial charge in [0.15, 0.2) is 5.95 Å². The van der Waals surface area contributed by atoms with Crippen molar-refractivity contribution < 1.29 is 0 Å². The number of hydrogen-bond acceptors (Lipinski definition) is 2. The minimum Gasteiger partial charge on any atom is -0.356 e. The topological polar surface area (TPSA) is 40.7 Å². The van der Waals surface area contributed by atoms with Crippen LogP contribution in [0.15, 0.2) is 12.4 Å². The van der Waals surface area contributed by atoms with E-state index >= 15 is 0 Å². The van der Waals surface area contributed by atoms with E-state index in [0.29, 0.717) is 0 Å². The molecule has 1 aromatic heterocycles. The molecule has 0 bridgehead atoms. The molecule has 2 rings (SSSR count). The summed E-state index contributed by atoms with van der Waals surface area (Å²) in [5.41, 5.74) is 0. The Kier molecular flexibility index (Phi) is 2.30. The van der Waals surface area contributed by atoms with Crippen LogP contribution >= 0.6 is 0 Å². The molecule has 0 atom stereocenters. The van der Waals surface area contributed by atoms with Crippen molar-refractivity contribution in [1.82, 2.24) is 9.97 Å². The Labute approximate surface area is 72.6 Å². The first-order valence-corrected chi connectivity index (χ1v) is 4.68. The summed E-state index contributed by atoms with van der Waals surface area (Å²) in [7, 11) is 0. The lowest BCUT2D eigenvalue weighted by Gasteiger charge is -2.08. The normalized spacial score (nSPS) is 18.3. The highest BCUT2D eigenvalue weighted by Gasteiger charge is 2.14. The Morgan fingerprint density at radius 2 is 2.33 bits per heavy atom. The Bertz CT molecular complexity index is 212. The number of aromatic nitrogens is 2. The molecule has 1 aliphatic carbocycles. The molecule has 66 valence electrons. The standard InChI is InChI=1S/C9H15N3/c1-2-4-8(3-1)7-12-9-10-5-6-11-9/h5-6,8H,1-4,7H2,(H2,10,11,12). The molecule has 1 fully saturated rings. The molecule has 1 aliphatic rings. The molecular formula is C9H15N3. The van der Waals surface area contributed by atoms with Crippen LogP contribution in [0.4, 0.5) is 5.95 Å². The molecule has 1 saturated carbocycles. The van der Waals surface area contributed by atoms with Crippen LogP contribution in [0.3, 0.4) is 0 Å². The fraction of sp³-hybridized carbons (Fsp3) is 0.667. The lowest BCUT2D eigenvalue weighted by atomic mass is 10.1. The first-order valence-electron chi connectivity index (χ1n) is 4.68. The third-order valence-electron chi connectivity index (χ3n) is 2.53. The Balaban J connectivity index is 1.74. The summed E-state index contributed by atoms with van der Waals surface area (Å²) in [5.74, 6) is 1.78. The molecule has 0 radical (unpaired) electrons. The van der Waals surface area contributed by atoms with Crippen molar-refractivity contribution in [1.29, 1.82) is 0 Å². The molecule has 1 heterocycles. The van der Waals surface area contributed by atoms with Gasteiger partial charge in [0.05, 0.1) is 0 Å². The number of nitrogens with one attached hydrogen (secondary N) is 2. The number of anilines is 1. The highest BCUT2D eigenvalue weighted by Crippen LogP contribution is 2.24. The summed E-state index contributed by atoms with van der Waals surface area (Å²) >= 11 is 0. The molecule has 1 aromatic rings. The molecule has 0 amide bonds. The molecule has 3 heteroatoms. The first kappa shape index (κ1) is 7.65. The van der Waals surface area contributed by atoms with Gasteiger partial charge in [-0.25, -0.2) is 4.98 Å². The summed E-state index contributed by atoms with van der Waals surface area (Å²) in [5, 5.41) is 3.30. The number of hydrogen-bond donors (Lipinski definition) is 2. The van der Waals surface area contributed by atoms with Crippen molar-refractivity contribution in [2.24, 2.45) is 5.92 Å². The van der Waals surface area contributed by atoms with Gasteiger partial charge in [0.25, 0.3) is 0 Å². The summed E-state index contributed by atoms with van der Waals surface area (Å²) in [6.07, 6.45) is 9.20. The molecular weight excluding hydrogens is 150 g/mol. The maximum absolute atomic E-state index is 4.11. The Morgan fingerprint density at radius 1 is 1.50 bits per heavy atom. The van der Waals surface area contributed by atoms with Crippen LogP contribution in [0, 0.1) is 5.92 Å². The fourth-order valence-corrected chi connectivity index (χ4v) is 1.82. The van der Waals surface area contributed by atoms with Crippen molar-refractivity contribution >= 4 is 5.95 Å². The van der Waals surface area contributed by atoms with Crippen LogP contribution in [0.5, 0.6) is 0 Å². The maximum atomic E-state index is 4.11. The smallest absolute Gasteiger partial charge is 0.200 e. The predicted molar refractivity (Wildman–Crippen MR) is 49.0 cm³/mol. The van der Waals surface area contributed by atoms with E-state index in [1.54, 1.807) is 6.20 Å². The van der Waals surface area contributed by atoms with E-state index in [9.17, 15) is 0 Å². The second-order valence-electron chi connectivity index (χ2n) is 3.47. The molecule has 12 heavy (non-hydrogen) atoms. The maximum Gasteiger partial charge on any atom is 0.200 e. The lowest BCUT2D eigenvalue weighted by molar-refractivity contribution is 0.578. The molecule has 0 aromatic carbocycles. The number of aromatic amines is 1. The average Bonchev–Trinajstić information content (AvgIpc) is 2.74. The van der Waals surface area contributed by atoms with Crippen LogP contribution in [-0.4, -0.2) is 16.5 Å². The van der Waals surface area contributed by atoms with Crippen molar-refractivity contribution in [3.8, 4) is 0 Å². The van der Waals surface area contributed by atoms with Crippen molar-refractivity contribution in [2.75, 3.05) is 11.9 Å². The largest absolute Gasteiger partial charge is 0.356 e. The van der Waals surface area contributed by atoms with Gasteiger partial charge >= 0.3 is 0 Å². The Hall–Kier alpha value is -0.990. The van der Waals surface area contributed by atoms with Gasteiger partial charge in [-0.05, 0) is 18.8 Å². The first-order chi connectivity index (χ1) is 5.95. The van der Waals surface area contributed by atoms with Gasteiger partial charge < -0.3 is 10.3 Å². The molecule has 0 saturated heterocycles. The number of H-pyrrole nitrogens is 1. The summed E-state index contributed by atoms with van der Waals surface area (Å²) in [6.45, 7) is 1.08. The van der Waals surface area contributed by atoms with E-state index in [0.717, 1.165) is 18.4 Å². The number of imidazole rings is 1. The molecule has 2 N–H and O–H groups in total. The van der Waals surface area contributed by atoms with Crippen molar-refractivity contribution in [3.05, 3.63) is 12.4 Å². The summed E-state index contributed by atoms with van der Waals surface area (Å²) in [6, 6.07) is 0. The van der Waals surface area contributed by atoms with Gasteiger partial charge in [0, 0.05) is 18.9 Å². The fourth-order valence-electron chi connectivity index (χ4n) is 1.82. The van der Waals surface area contributed by atoms with Crippen molar-refractivity contribution in [3.63, 3.8) is 0 Å². The average molecular weight is 165 g/mol. The summed E-state index contributed by atoms with van der Waals surface area (Å²) in [4.78, 5) is 7.15. The van der Waals surface area contributed by atoms with Crippen LogP contribution in [0.25, 0.3) is 0 Å². The van der Waals surface area contributed by atoms with Gasteiger partial charge in [-0.1, -0.05) is 12.8 Å². The van der Waals surface area contributed by atoms with E-state index in [2.05, 4.69) is 15.3 Å².